The molecule has 1 N–H and O–H groups in total. The number of hydrogen-bond acceptors (Lipinski definition) is 3. The summed E-state index contributed by atoms with van der Waals surface area (Å²) in [6.07, 6.45) is 0.764. The number of aryl methyl sites for hydroxylation is 2. The number of amides is 2. The first-order valence-corrected chi connectivity index (χ1v) is 9.41. The van der Waals surface area contributed by atoms with Crippen LogP contribution in [0, 0.1) is 13.8 Å². The largest absolute Gasteiger partial charge is 0.493 e. The van der Waals surface area contributed by atoms with Crippen LogP contribution < -0.4 is 4.74 Å². The van der Waals surface area contributed by atoms with E-state index in [1.807, 2.05) is 60.0 Å². The minimum absolute atomic E-state index is 0.0788. The van der Waals surface area contributed by atoms with E-state index in [0.717, 1.165) is 22.7 Å². The van der Waals surface area contributed by atoms with E-state index in [0.29, 0.717) is 45.6 Å². The molecule has 0 atom stereocenters. The first kappa shape index (κ1) is 19.0. The van der Waals surface area contributed by atoms with Crippen molar-refractivity contribution in [3.05, 3.63) is 53.3 Å². The van der Waals surface area contributed by atoms with E-state index in [-0.39, 0.29) is 11.8 Å². The first-order valence-electron chi connectivity index (χ1n) is 9.41. The monoisotopic (exact) mass is 369 g/mol. The van der Waals surface area contributed by atoms with Crippen LogP contribution in [0.25, 0.3) is 0 Å². The molecule has 6 heteroatoms. The van der Waals surface area contributed by atoms with Crippen molar-refractivity contribution in [2.75, 3.05) is 32.8 Å². The molecule has 1 aliphatic rings. The fourth-order valence-electron chi connectivity index (χ4n) is 3.38. The van der Waals surface area contributed by atoms with Gasteiger partial charge in [-0.2, -0.15) is 0 Å². The molecule has 0 unspecified atom stereocenters. The van der Waals surface area contributed by atoms with E-state index in [2.05, 4.69) is 4.98 Å². The van der Waals surface area contributed by atoms with E-state index in [4.69, 9.17) is 4.74 Å². The predicted octanol–water partition coefficient (Wildman–Crippen LogP) is 2.31. The van der Waals surface area contributed by atoms with Crippen LogP contribution in [0.4, 0.5) is 0 Å². The predicted molar refractivity (Wildman–Crippen MR) is 104 cm³/mol. The highest BCUT2D eigenvalue weighted by Crippen LogP contribution is 2.13. The Bertz CT molecular complexity index is 777. The summed E-state index contributed by atoms with van der Waals surface area (Å²) < 4.78 is 5.59. The normalized spacial score (nSPS) is 14.3. The Morgan fingerprint density at radius 1 is 1.00 bits per heavy atom. The maximum Gasteiger partial charge on any atom is 0.227 e. The van der Waals surface area contributed by atoms with Gasteiger partial charge in [0.15, 0.2) is 0 Å². The molecular weight excluding hydrogens is 342 g/mol. The number of carbonyl (C=O) groups is 2. The second kappa shape index (κ2) is 8.75. The van der Waals surface area contributed by atoms with Gasteiger partial charge in [-0.15, -0.1) is 0 Å². The molecule has 1 aliphatic heterocycles. The molecule has 0 radical (unpaired) electrons. The minimum atomic E-state index is 0.0788. The molecule has 2 heterocycles. The van der Waals surface area contributed by atoms with Gasteiger partial charge < -0.3 is 19.5 Å². The molecule has 0 spiro atoms. The van der Waals surface area contributed by atoms with Crippen molar-refractivity contribution in [2.45, 2.75) is 26.7 Å². The lowest BCUT2D eigenvalue weighted by Crippen LogP contribution is -2.51. The first-order chi connectivity index (χ1) is 13.0. The van der Waals surface area contributed by atoms with Crippen molar-refractivity contribution < 1.29 is 14.3 Å². The van der Waals surface area contributed by atoms with Crippen molar-refractivity contribution in [1.29, 1.82) is 0 Å². The van der Waals surface area contributed by atoms with Gasteiger partial charge in [-0.1, -0.05) is 18.2 Å². The molecule has 144 valence electrons. The molecule has 2 amide bonds. The fourth-order valence-corrected chi connectivity index (χ4v) is 3.38. The molecule has 2 aromatic rings. The molecular formula is C21H27N3O3. The Labute approximate surface area is 160 Å². The number of aromatic nitrogens is 1. The summed E-state index contributed by atoms with van der Waals surface area (Å²) in [5, 5.41) is 0. The molecule has 1 saturated heterocycles. The zero-order valence-electron chi connectivity index (χ0n) is 16.0. The molecule has 6 nitrogen and oxygen atoms in total. The van der Waals surface area contributed by atoms with Gasteiger partial charge in [-0.3, -0.25) is 9.59 Å². The summed E-state index contributed by atoms with van der Waals surface area (Å²) in [5.41, 5.74) is 3.17. The van der Waals surface area contributed by atoms with Gasteiger partial charge >= 0.3 is 0 Å². The van der Waals surface area contributed by atoms with E-state index in [1.165, 1.54) is 0 Å². The van der Waals surface area contributed by atoms with Crippen molar-refractivity contribution >= 4 is 11.8 Å². The fraction of sp³-hybridized carbons (Fsp3) is 0.429. The van der Waals surface area contributed by atoms with Crippen molar-refractivity contribution in [2.24, 2.45) is 0 Å². The number of piperazine rings is 1. The molecule has 1 aromatic heterocycles. The number of aromatic amines is 1. The maximum absolute atomic E-state index is 12.5. The summed E-state index contributed by atoms with van der Waals surface area (Å²) in [4.78, 5) is 31.8. The Morgan fingerprint density at radius 3 is 2.22 bits per heavy atom. The van der Waals surface area contributed by atoms with Crippen LogP contribution in [0.3, 0.4) is 0 Å². The summed E-state index contributed by atoms with van der Waals surface area (Å²) >= 11 is 0. The maximum atomic E-state index is 12.5. The molecule has 27 heavy (non-hydrogen) atoms. The summed E-state index contributed by atoms with van der Waals surface area (Å²) in [7, 11) is 0. The van der Waals surface area contributed by atoms with Gasteiger partial charge in [0.2, 0.25) is 11.8 Å². The highest BCUT2D eigenvalue weighted by molar-refractivity contribution is 5.80. The number of H-pyrrole nitrogens is 1. The average Bonchev–Trinajstić information content (AvgIpc) is 2.99. The van der Waals surface area contributed by atoms with Gasteiger partial charge in [0, 0.05) is 37.6 Å². The number of rotatable bonds is 6. The summed E-state index contributed by atoms with van der Waals surface area (Å²) in [5.74, 6) is 0.975. The van der Waals surface area contributed by atoms with E-state index >= 15 is 0 Å². The zero-order chi connectivity index (χ0) is 19.2. The molecule has 0 aliphatic carbocycles. The summed E-state index contributed by atoms with van der Waals surface area (Å²) in [6, 6.07) is 11.5. The molecule has 3 rings (SSSR count). The van der Waals surface area contributed by atoms with E-state index in [9.17, 15) is 9.59 Å². The van der Waals surface area contributed by atoms with Crippen molar-refractivity contribution in [1.82, 2.24) is 14.8 Å². The lowest BCUT2D eigenvalue weighted by Gasteiger charge is -2.35. The number of benzene rings is 1. The molecule has 1 aromatic carbocycles. The van der Waals surface area contributed by atoms with Crippen LogP contribution in [0.5, 0.6) is 5.75 Å². The topological polar surface area (TPSA) is 65.6 Å². The quantitative estimate of drug-likeness (QED) is 0.850. The summed E-state index contributed by atoms with van der Waals surface area (Å²) in [6.45, 7) is 6.70. The van der Waals surface area contributed by atoms with E-state index < -0.39 is 0 Å². The zero-order valence-corrected chi connectivity index (χ0v) is 16.0. The number of para-hydroxylation sites is 1. The van der Waals surface area contributed by atoms with E-state index in [1.54, 1.807) is 0 Å². The highest BCUT2D eigenvalue weighted by Gasteiger charge is 2.24. The lowest BCUT2D eigenvalue weighted by atomic mass is 10.1. The highest BCUT2D eigenvalue weighted by atomic mass is 16.5. The van der Waals surface area contributed by atoms with Crippen LogP contribution in [0.15, 0.2) is 36.4 Å². The SMILES string of the molecule is Cc1cc(CC(=O)N2CCN(C(=O)CCOc3ccccc3)CC2)c(C)[nH]1. The molecule has 0 saturated carbocycles. The molecule has 0 bridgehead atoms. The number of carbonyl (C=O) groups excluding carboxylic acids is 2. The van der Waals surface area contributed by atoms with Crippen LogP contribution in [0.2, 0.25) is 0 Å². The third-order valence-corrected chi connectivity index (χ3v) is 4.91. The standard InChI is InChI=1S/C21H27N3O3/c1-16-14-18(17(2)22-16)15-21(26)24-11-9-23(10-12-24)20(25)8-13-27-19-6-4-3-5-7-19/h3-7,14,22H,8-13,15H2,1-2H3. The van der Waals surface area contributed by atoms with Gasteiger partial charge in [0.1, 0.15) is 5.75 Å². The second-order valence-corrected chi connectivity index (χ2v) is 6.95. The third-order valence-electron chi connectivity index (χ3n) is 4.91. The molecule has 1 fully saturated rings. The number of nitrogens with zero attached hydrogens (tertiary/aromatic N) is 2. The van der Waals surface area contributed by atoms with Crippen LogP contribution in [-0.2, 0) is 16.0 Å². The second-order valence-electron chi connectivity index (χ2n) is 6.95. The smallest absolute Gasteiger partial charge is 0.227 e. The van der Waals surface area contributed by atoms with Gasteiger partial charge in [0.25, 0.3) is 0 Å². The van der Waals surface area contributed by atoms with Crippen molar-refractivity contribution in [3.63, 3.8) is 0 Å². The van der Waals surface area contributed by atoms with Crippen molar-refractivity contribution in [3.8, 4) is 5.75 Å². The van der Waals surface area contributed by atoms with Gasteiger partial charge in [0.05, 0.1) is 19.4 Å². The van der Waals surface area contributed by atoms with Crippen LogP contribution in [0.1, 0.15) is 23.4 Å². The van der Waals surface area contributed by atoms with Crippen LogP contribution in [-0.4, -0.2) is 59.4 Å². The number of nitrogens with one attached hydrogen (secondary N) is 1. The Kier molecular flexibility index (Phi) is 6.16. The van der Waals surface area contributed by atoms with Gasteiger partial charge in [-0.25, -0.2) is 0 Å². The van der Waals surface area contributed by atoms with Gasteiger partial charge in [-0.05, 0) is 37.6 Å². The Morgan fingerprint density at radius 2 is 1.63 bits per heavy atom. The number of ether oxygens (including phenoxy) is 1. The lowest BCUT2D eigenvalue weighted by molar-refractivity contribution is -0.139. The number of hydrogen-bond donors (Lipinski definition) is 1. The van der Waals surface area contributed by atoms with Crippen LogP contribution >= 0.6 is 0 Å². The Balaban J connectivity index is 1.40. The third kappa shape index (κ3) is 5.12. The minimum Gasteiger partial charge on any atom is -0.493 e. The average molecular weight is 369 g/mol. The Hall–Kier alpha value is -2.76.